The molecule has 0 saturated heterocycles. The van der Waals surface area contributed by atoms with E-state index < -0.39 is 40.5 Å². The molecule has 112 valence electrons. The first kappa shape index (κ1) is 13.9. The molecule has 3 rings (SSSR count). The van der Waals surface area contributed by atoms with E-state index in [1.165, 1.54) is 18.3 Å². The minimum Gasteiger partial charge on any atom is -0.476 e. The van der Waals surface area contributed by atoms with Gasteiger partial charge in [-0.15, -0.1) is 0 Å². The van der Waals surface area contributed by atoms with Gasteiger partial charge in [0, 0.05) is 17.1 Å². The summed E-state index contributed by atoms with van der Waals surface area (Å²) in [7, 11) is 0. The molecule has 8 heteroatoms. The number of hydrogen-bond acceptors (Lipinski definition) is 3. The minimum atomic E-state index is -1.73. The molecule has 0 aliphatic carbocycles. The summed E-state index contributed by atoms with van der Waals surface area (Å²) in [5.74, 6) is -5.37. The average molecular weight is 307 g/mol. The predicted molar refractivity (Wildman–Crippen MR) is 72.8 cm³/mol. The Morgan fingerprint density at radius 1 is 1.14 bits per heavy atom. The second kappa shape index (κ2) is 4.76. The van der Waals surface area contributed by atoms with E-state index in [0.717, 1.165) is 0 Å². The number of nitrogens with one attached hydrogen (secondary N) is 1. The lowest BCUT2D eigenvalue weighted by molar-refractivity contribution is 0.0685. The van der Waals surface area contributed by atoms with Crippen molar-refractivity contribution < 1.29 is 23.1 Å². The zero-order valence-corrected chi connectivity index (χ0v) is 10.8. The van der Waals surface area contributed by atoms with Crippen molar-refractivity contribution in [3.05, 3.63) is 47.5 Å². The standard InChI is InChI=1S/C14H8F3N3O2/c15-7-6(2-1-5-3-4-19-11(5)7)12-8(16)10(18)9(17)13(20-12)14(21)22/h1-4,19H,(H2,18,20)(H,21,22). The number of nitrogen functional groups attached to an aromatic ring is 1. The summed E-state index contributed by atoms with van der Waals surface area (Å²) in [5.41, 5.74) is 2.24. The fourth-order valence-electron chi connectivity index (χ4n) is 2.16. The van der Waals surface area contributed by atoms with Gasteiger partial charge in [-0.25, -0.2) is 22.9 Å². The highest BCUT2D eigenvalue weighted by Gasteiger charge is 2.25. The number of carboxylic acids is 1. The van der Waals surface area contributed by atoms with Crippen LogP contribution in [-0.4, -0.2) is 21.0 Å². The monoisotopic (exact) mass is 307 g/mol. The first-order valence-electron chi connectivity index (χ1n) is 6.05. The van der Waals surface area contributed by atoms with Crippen molar-refractivity contribution >= 4 is 22.6 Å². The molecule has 0 unspecified atom stereocenters. The van der Waals surface area contributed by atoms with Crippen molar-refractivity contribution in [1.82, 2.24) is 9.97 Å². The van der Waals surface area contributed by atoms with Gasteiger partial charge in [-0.1, -0.05) is 6.07 Å². The maximum atomic E-state index is 14.4. The Balaban J connectivity index is 2.35. The summed E-state index contributed by atoms with van der Waals surface area (Å²) in [6.45, 7) is 0. The number of aromatic amines is 1. The van der Waals surface area contributed by atoms with Gasteiger partial charge in [0.1, 0.15) is 11.4 Å². The lowest BCUT2D eigenvalue weighted by atomic mass is 10.1. The van der Waals surface area contributed by atoms with Crippen LogP contribution in [0.2, 0.25) is 0 Å². The number of aromatic nitrogens is 2. The lowest BCUT2D eigenvalue weighted by Gasteiger charge is -2.09. The Bertz CT molecular complexity index is 921. The normalized spacial score (nSPS) is 11.0. The van der Waals surface area contributed by atoms with Crippen LogP contribution >= 0.6 is 0 Å². The number of pyridine rings is 1. The third-order valence-electron chi connectivity index (χ3n) is 3.23. The molecule has 5 nitrogen and oxygen atoms in total. The maximum Gasteiger partial charge on any atom is 0.357 e. The highest BCUT2D eigenvalue weighted by Crippen LogP contribution is 2.32. The fourth-order valence-corrected chi connectivity index (χ4v) is 2.16. The maximum absolute atomic E-state index is 14.4. The van der Waals surface area contributed by atoms with E-state index in [1.807, 2.05) is 0 Å². The highest BCUT2D eigenvalue weighted by molar-refractivity contribution is 5.90. The Hall–Kier alpha value is -3.03. The van der Waals surface area contributed by atoms with Crippen LogP contribution in [0.5, 0.6) is 0 Å². The number of carboxylic acid groups (broad SMARTS) is 1. The van der Waals surface area contributed by atoms with Crippen LogP contribution in [0.15, 0.2) is 24.4 Å². The summed E-state index contributed by atoms with van der Waals surface area (Å²) in [4.78, 5) is 16.9. The van der Waals surface area contributed by atoms with Gasteiger partial charge in [0.15, 0.2) is 23.1 Å². The van der Waals surface area contributed by atoms with Crippen molar-refractivity contribution in [2.24, 2.45) is 0 Å². The van der Waals surface area contributed by atoms with Gasteiger partial charge in [0.2, 0.25) is 0 Å². The Morgan fingerprint density at radius 3 is 2.55 bits per heavy atom. The third-order valence-corrected chi connectivity index (χ3v) is 3.23. The molecule has 0 bridgehead atoms. The molecule has 0 aliphatic heterocycles. The van der Waals surface area contributed by atoms with Crippen LogP contribution in [0.25, 0.3) is 22.2 Å². The number of H-pyrrole nitrogens is 1. The van der Waals surface area contributed by atoms with Gasteiger partial charge in [-0.2, -0.15) is 0 Å². The summed E-state index contributed by atoms with van der Waals surface area (Å²) in [5, 5.41) is 9.42. The highest BCUT2D eigenvalue weighted by atomic mass is 19.1. The zero-order valence-electron chi connectivity index (χ0n) is 10.8. The number of halogens is 3. The quantitative estimate of drug-likeness (QED) is 0.678. The van der Waals surface area contributed by atoms with Crippen molar-refractivity contribution in [2.45, 2.75) is 0 Å². The van der Waals surface area contributed by atoms with E-state index in [2.05, 4.69) is 9.97 Å². The smallest absolute Gasteiger partial charge is 0.357 e. The third kappa shape index (κ3) is 1.88. The second-order valence-electron chi connectivity index (χ2n) is 4.52. The number of carbonyl (C=O) groups is 1. The van der Waals surface area contributed by atoms with E-state index in [0.29, 0.717) is 5.39 Å². The van der Waals surface area contributed by atoms with E-state index in [4.69, 9.17) is 10.8 Å². The molecule has 22 heavy (non-hydrogen) atoms. The van der Waals surface area contributed by atoms with Crippen molar-refractivity contribution in [1.29, 1.82) is 0 Å². The number of anilines is 1. The molecule has 2 heterocycles. The van der Waals surface area contributed by atoms with E-state index in [1.54, 1.807) is 6.07 Å². The Kier molecular flexibility index (Phi) is 3.01. The van der Waals surface area contributed by atoms with Gasteiger partial charge in [-0.05, 0) is 12.1 Å². The molecule has 0 aliphatic rings. The van der Waals surface area contributed by atoms with E-state index in [9.17, 15) is 18.0 Å². The molecule has 0 radical (unpaired) electrons. The number of hydrogen-bond donors (Lipinski definition) is 3. The molecule has 1 aromatic carbocycles. The number of fused-ring (bicyclic) bond motifs is 1. The SMILES string of the molecule is Nc1c(F)c(C(=O)O)nc(-c2ccc3cc[nH]c3c2F)c1F. The van der Waals surface area contributed by atoms with Crippen LogP contribution in [0.3, 0.4) is 0 Å². The van der Waals surface area contributed by atoms with Crippen molar-refractivity contribution in [2.75, 3.05) is 5.73 Å². The molecule has 0 spiro atoms. The molecule has 0 atom stereocenters. The molecule has 2 aromatic heterocycles. The van der Waals surface area contributed by atoms with Crippen LogP contribution in [0.4, 0.5) is 18.9 Å². The zero-order chi connectivity index (χ0) is 16.0. The summed E-state index contributed by atoms with van der Waals surface area (Å²) in [6, 6.07) is 4.32. The Morgan fingerprint density at radius 2 is 1.86 bits per heavy atom. The number of aromatic carboxylic acids is 1. The second-order valence-corrected chi connectivity index (χ2v) is 4.52. The summed E-state index contributed by atoms with van der Waals surface area (Å²) in [6.07, 6.45) is 1.49. The topological polar surface area (TPSA) is 92.0 Å². The first-order valence-corrected chi connectivity index (χ1v) is 6.05. The van der Waals surface area contributed by atoms with Gasteiger partial charge < -0.3 is 15.8 Å². The fraction of sp³-hybridized carbons (Fsp3) is 0. The van der Waals surface area contributed by atoms with E-state index >= 15 is 0 Å². The molecule has 0 amide bonds. The van der Waals surface area contributed by atoms with Gasteiger partial charge in [0.25, 0.3) is 0 Å². The number of rotatable bonds is 2. The average Bonchev–Trinajstić information content (AvgIpc) is 2.95. The minimum absolute atomic E-state index is 0.0958. The van der Waals surface area contributed by atoms with Gasteiger partial charge in [0.05, 0.1) is 5.52 Å². The largest absolute Gasteiger partial charge is 0.476 e. The van der Waals surface area contributed by atoms with Crippen LogP contribution < -0.4 is 5.73 Å². The predicted octanol–water partition coefficient (Wildman–Crippen LogP) is 2.93. The van der Waals surface area contributed by atoms with Crippen LogP contribution in [0, 0.1) is 17.5 Å². The van der Waals surface area contributed by atoms with Crippen molar-refractivity contribution in [3.8, 4) is 11.3 Å². The molecular weight excluding hydrogens is 299 g/mol. The number of nitrogens with two attached hydrogens (primary N) is 1. The summed E-state index contributed by atoms with van der Waals surface area (Å²) >= 11 is 0. The Labute approximate surface area is 121 Å². The molecule has 0 saturated carbocycles. The molecule has 3 aromatic rings. The van der Waals surface area contributed by atoms with Crippen LogP contribution in [-0.2, 0) is 0 Å². The number of benzene rings is 1. The van der Waals surface area contributed by atoms with Gasteiger partial charge >= 0.3 is 5.97 Å². The van der Waals surface area contributed by atoms with Crippen LogP contribution in [0.1, 0.15) is 10.5 Å². The van der Waals surface area contributed by atoms with E-state index in [-0.39, 0.29) is 11.1 Å². The van der Waals surface area contributed by atoms with Gasteiger partial charge in [-0.3, -0.25) is 0 Å². The molecule has 0 fully saturated rings. The first-order chi connectivity index (χ1) is 10.4. The molecule has 4 N–H and O–H groups in total. The number of nitrogens with zero attached hydrogens (tertiary/aromatic N) is 1. The summed E-state index contributed by atoms with van der Waals surface area (Å²) < 4.78 is 42.1. The lowest BCUT2D eigenvalue weighted by Crippen LogP contribution is -2.11. The molecular formula is C14H8F3N3O2. The van der Waals surface area contributed by atoms with Crippen molar-refractivity contribution in [3.63, 3.8) is 0 Å².